The van der Waals surface area contributed by atoms with Gasteiger partial charge in [-0.1, -0.05) is 18.6 Å². The van der Waals surface area contributed by atoms with E-state index in [4.69, 9.17) is 0 Å². The molecule has 1 N–H and O–H groups in total. The summed E-state index contributed by atoms with van der Waals surface area (Å²) >= 11 is 0. The highest BCUT2D eigenvalue weighted by molar-refractivity contribution is 7.89. The van der Waals surface area contributed by atoms with Crippen LogP contribution in [0.1, 0.15) is 36.5 Å². The quantitative estimate of drug-likeness (QED) is 0.608. The van der Waals surface area contributed by atoms with Gasteiger partial charge in [0.05, 0.1) is 9.82 Å². The minimum atomic E-state index is -3.60. The number of rotatable bonds is 5. The molecule has 0 radical (unpaired) electrons. The molecule has 1 fully saturated rings. The highest BCUT2D eigenvalue weighted by atomic mass is 32.2. The molecule has 28 heavy (non-hydrogen) atoms. The van der Waals surface area contributed by atoms with E-state index in [9.17, 15) is 23.3 Å². The molecule has 2 aromatic rings. The molecular formula is C19H21N3O5S. The lowest BCUT2D eigenvalue weighted by Gasteiger charge is -2.32. The summed E-state index contributed by atoms with van der Waals surface area (Å²) in [5, 5.41) is 13.6. The third-order valence-electron chi connectivity index (χ3n) is 4.81. The maximum atomic E-state index is 12.8. The van der Waals surface area contributed by atoms with E-state index in [1.807, 2.05) is 6.92 Å². The van der Waals surface area contributed by atoms with E-state index in [1.54, 1.807) is 0 Å². The van der Waals surface area contributed by atoms with Crippen LogP contribution in [0.4, 0.5) is 11.4 Å². The number of para-hydroxylation sites is 1. The normalized spacial score (nSPS) is 17.8. The number of nitrogens with zero attached hydrogens (tertiary/aromatic N) is 2. The third-order valence-corrected chi connectivity index (χ3v) is 6.83. The van der Waals surface area contributed by atoms with Gasteiger partial charge in [-0.15, -0.1) is 0 Å². The molecule has 1 saturated heterocycles. The van der Waals surface area contributed by atoms with Gasteiger partial charge in [0.25, 0.3) is 11.6 Å². The molecule has 0 spiro atoms. The molecule has 1 unspecified atom stereocenters. The summed E-state index contributed by atoms with van der Waals surface area (Å²) in [4.78, 5) is 23.0. The van der Waals surface area contributed by atoms with Gasteiger partial charge in [0, 0.05) is 24.3 Å². The number of hydrogen-bond donors (Lipinski definition) is 1. The summed E-state index contributed by atoms with van der Waals surface area (Å²) in [6, 6.07) is 11.4. The Balaban J connectivity index is 1.78. The maximum absolute atomic E-state index is 12.8. The highest BCUT2D eigenvalue weighted by Gasteiger charge is 2.30. The van der Waals surface area contributed by atoms with Crippen molar-refractivity contribution in [3.8, 4) is 0 Å². The number of benzene rings is 2. The maximum Gasteiger partial charge on any atom is 0.282 e. The Morgan fingerprint density at radius 2 is 1.82 bits per heavy atom. The molecule has 0 bridgehead atoms. The smallest absolute Gasteiger partial charge is 0.282 e. The zero-order valence-corrected chi connectivity index (χ0v) is 16.2. The molecule has 2 aromatic carbocycles. The summed E-state index contributed by atoms with van der Waals surface area (Å²) in [5.74, 6) is -0.632. The van der Waals surface area contributed by atoms with E-state index < -0.39 is 20.9 Å². The van der Waals surface area contributed by atoms with Crippen LogP contribution >= 0.6 is 0 Å². The first kappa shape index (κ1) is 20.0. The summed E-state index contributed by atoms with van der Waals surface area (Å²) in [6.07, 6.45) is 2.70. The summed E-state index contributed by atoms with van der Waals surface area (Å²) in [5.41, 5.74) is -0.00147. The molecule has 0 aliphatic carbocycles. The van der Waals surface area contributed by atoms with Crippen molar-refractivity contribution in [3.63, 3.8) is 0 Å². The van der Waals surface area contributed by atoms with Crippen molar-refractivity contribution in [2.45, 2.75) is 37.1 Å². The summed E-state index contributed by atoms with van der Waals surface area (Å²) < 4.78 is 27.2. The van der Waals surface area contributed by atoms with E-state index in [1.165, 1.54) is 52.8 Å². The van der Waals surface area contributed by atoms with Gasteiger partial charge in [0.2, 0.25) is 10.0 Å². The number of nitrogens with one attached hydrogen (secondary N) is 1. The first-order chi connectivity index (χ1) is 13.3. The second-order valence-electron chi connectivity index (χ2n) is 6.71. The fourth-order valence-electron chi connectivity index (χ4n) is 3.30. The van der Waals surface area contributed by atoms with Crippen LogP contribution in [0.25, 0.3) is 0 Å². The molecule has 3 rings (SSSR count). The van der Waals surface area contributed by atoms with Gasteiger partial charge >= 0.3 is 0 Å². The van der Waals surface area contributed by atoms with E-state index >= 15 is 0 Å². The van der Waals surface area contributed by atoms with E-state index in [0.717, 1.165) is 19.3 Å². The van der Waals surface area contributed by atoms with Crippen molar-refractivity contribution in [1.82, 2.24) is 4.31 Å². The SMILES string of the molecule is CC1CCCCN1S(=O)(=O)c1ccc(NC(=O)c2ccccc2[N+](=O)[O-])cc1. The van der Waals surface area contributed by atoms with Crippen molar-refractivity contribution < 1.29 is 18.1 Å². The molecule has 8 nitrogen and oxygen atoms in total. The van der Waals surface area contributed by atoms with Crippen molar-refractivity contribution >= 4 is 27.3 Å². The predicted molar refractivity (Wildman–Crippen MR) is 105 cm³/mol. The monoisotopic (exact) mass is 403 g/mol. The lowest BCUT2D eigenvalue weighted by molar-refractivity contribution is -0.385. The fourth-order valence-corrected chi connectivity index (χ4v) is 5.00. The number of hydrogen-bond acceptors (Lipinski definition) is 5. The Bertz CT molecular complexity index is 989. The van der Waals surface area contributed by atoms with Crippen LogP contribution in [-0.2, 0) is 10.0 Å². The zero-order chi connectivity index (χ0) is 20.3. The van der Waals surface area contributed by atoms with Gasteiger partial charge < -0.3 is 5.32 Å². The summed E-state index contributed by atoms with van der Waals surface area (Å²) in [7, 11) is -3.60. The van der Waals surface area contributed by atoms with Crippen LogP contribution in [0.2, 0.25) is 0 Å². The minimum absolute atomic E-state index is 0.0447. The second kappa shape index (κ2) is 8.07. The van der Waals surface area contributed by atoms with Crippen molar-refractivity contribution in [1.29, 1.82) is 0 Å². The standard InChI is InChI=1S/C19H21N3O5S/c1-14-6-4-5-13-21(14)28(26,27)16-11-9-15(10-12-16)20-19(23)17-7-2-3-8-18(17)22(24)25/h2-3,7-12,14H,4-6,13H2,1H3,(H,20,23). The molecule has 1 amide bonds. The van der Waals surface area contributed by atoms with E-state index in [-0.39, 0.29) is 22.2 Å². The van der Waals surface area contributed by atoms with Gasteiger partial charge in [-0.05, 0) is 50.1 Å². The minimum Gasteiger partial charge on any atom is -0.322 e. The van der Waals surface area contributed by atoms with E-state index in [0.29, 0.717) is 12.2 Å². The third kappa shape index (κ3) is 4.05. The van der Waals surface area contributed by atoms with Crippen LogP contribution in [0.3, 0.4) is 0 Å². The van der Waals surface area contributed by atoms with Gasteiger partial charge in [-0.2, -0.15) is 4.31 Å². The molecule has 1 atom stereocenters. The average Bonchev–Trinajstić information content (AvgIpc) is 2.68. The Hall–Kier alpha value is -2.78. The highest BCUT2D eigenvalue weighted by Crippen LogP contribution is 2.26. The number of nitro groups is 1. The zero-order valence-electron chi connectivity index (χ0n) is 15.4. The Kier molecular flexibility index (Phi) is 5.76. The number of piperidine rings is 1. The van der Waals surface area contributed by atoms with Crippen molar-refractivity contribution in [2.75, 3.05) is 11.9 Å². The van der Waals surface area contributed by atoms with Crippen LogP contribution in [0.5, 0.6) is 0 Å². The fraction of sp³-hybridized carbons (Fsp3) is 0.316. The van der Waals surface area contributed by atoms with Crippen LogP contribution in [-0.4, -0.2) is 36.1 Å². The molecule has 0 saturated carbocycles. The van der Waals surface area contributed by atoms with Crippen LogP contribution in [0.15, 0.2) is 53.4 Å². The van der Waals surface area contributed by atoms with Crippen LogP contribution < -0.4 is 5.32 Å². The first-order valence-electron chi connectivity index (χ1n) is 8.97. The molecular weight excluding hydrogens is 382 g/mol. The van der Waals surface area contributed by atoms with Crippen LogP contribution in [0, 0.1) is 10.1 Å². The molecule has 1 aliphatic heterocycles. The van der Waals surface area contributed by atoms with Gasteiger partial charge in [0.1, 0.15) is 5.56 Å². The van der Waals surface area contributed by atoms with Crippen molar-refractivity contribution in [3.05, 3.63) is 64.2 Å². The largest absolute Gasteiger partial charge is 0.322 e. The number of nitro benzene ring substituents is 1. The number of amides is 1. The molecule has 148 valence electrons. The van der Waals surface area contributed by atoms with Gasteiger partial charge in [-0.25, -0.2) is 8.42 Å². The Labute approximate surface area is 163 Å². The number of sulfonamides is 1. The van der Waals surface area contributed by atoms with Crippen molar-refractivity contribution in [2.24, 2.45) is 0 Å². The average molecular weight is 403 g/mol. The van der Waals surface area contributed by atoms with E-state index in [2.05, 4.69) is 5.32 Å². The first-order valence-corrected chi connectivity index (χ1v) is 10.4. The number of carbonyl (C=O) groups is 1. The molecule has 1 heterocycles. The second-order valence-corrected chi connectivity index (χ2v) is 8.60. The Morgan fingerprint density at radius 1 is 1.14 bits per heavy atom. The Morgan fingerprint density at radius 3 is 2.46 bits per heavy atom. The lowest BCUT2D eigenvalue weighted by Crippen LogP contribution is -2.41. The topological polar surface area (TPSA) is 110 Å². The number of carbonyl (C=O) groups excluding carboxylic acids is 1. The molecule has 1 aliphatic rings. The molecule has 0 aromatic heterocycles. The van der Waals surface area contributed by atoms with Gasteiger partial charge in [0.15, 0.2) is 0 Å². The van der Waals surface area contributed by atoms with Gasteiger partial charge in [-0.3, -0.25) is 14.9 Å². The summed E-state index contributed by atoms with van der Waals surface area (Å²) in [6.45, 7) is 2.40. The predicted octanol–water partition coefficient (Wildman–Crippen LogP) is 3.41. The number of anilines is 1. The lowest BCUT2D eigenvalue weighted by atomic mass is 10.1. The molecule has 9 heteroatoms.